The van der Waals surface area contributed by atoms with Crippen molar-refractivity contribution in [3.05, 3.63) is 29.3 Å². The van der Waals surface area contributed by atoms with E-state index in [4.69, 9.17) is 0 Å². The minimum atomic E-state index is -0.242. The van der Waals surface area contributed by atoms with E-state index in [0.717, 1.165) is 12.0 Å². The molecule has 0 aliphatic carbocycles. The van der Waals surface area contributed by atoms with Crippen LogP contribution in [-0.4, -0.2) is 17.9 Å². The van der Waals surface area contributed by atoms with Crippen LogP contribution in [0.3, 0.4) is 0 Å². The van der Waals surface area contributed by atoms with Crippen molar-refractivity contribution in [1.29, 1.82) is 0 Å². The Hall–Kier alpha value is -1.84. The first-order valence-corrected chi connectivity index (χ1v) is 6.13. The molecule has 0 heterocycles. The van der Waals surface area contributed by atoms with Crippen molar-refractivity contribution in [3.63, 3.8) is 0 Å². The number of hydrogen-bond donors (Lipinski definition) is 2. The highest BCUT2D eigenvalue weighted by Gasteiger charge is 2.09. The van der Waals surface area contributed by atoms with Gasteiger partial charge in [0.05, 0.1) is 0 Å². The Morgan fingerprint density at radius 3 is 2.56 bits per heavy atom. The lowest BCUT2D eigenvalue weighted by Crippen LogP contribution is -2.35. The summed E-state index contributed by atoms with van der Waals surface area (Å²) in [7, 11) is 0. The molecule has 1 aromatic rings. The van der Waals surface area contributed by atoms with Gasteiger partial charge in [-0.2, -0.15) is 0 Å². The normalized spacial score (nSPS) is 11.8. The molecule has 0 bridgehead atoms. The van der Waals surface area contributed by atoms with Crippen LogP contribution in [0.5, 0.6) is 0 Å². The highest BCUT2D eigenvalue weighted by Crippen LogP contribution is 2.17. The molecular weight excluding hydrogens is 228 g/mol. The molecule has 18 heavy (non-hydrogen) atoms. The molecule has 0 fully saturated rings. The Bertz CT molecular complexity index is 455. The van der Waals surface area contributed by atoms with E-state index < -0.39 is 0 Å². The molecule has 2 amide bonds. The molecule has 1 rings (SSSR count). The first kappa shape index (κ1) is 14.2. The van der Waals surface area contributed by atoms with Gasteiger partial charge in [0.15, 0.2) is 5.78 Å². The molecule has 98 valence electrons. The summed E-state index contributed by atoms with van der Waals surface area (Å²) >= 11 is 0. The van der Waals surface area contributed by atoms with Crippen molar-refractivity contribution < 1.29 is 9.59 Å². The van der Waals surface area contributed by atoms with Crippen molar-refractivity contribution in [1.82, 2.24) is 5.32 Å². The fourth-order valence-corrected chi connectivity index (χ4v) is 1.46. The average Bonchev–Trinajstić information content (AvgIpc) is 2.31. The molecule has 0 radical (unpaired) electrons. The number of Topliss-reactive ketones (excluding diaryl/α,β-unsaturated/α-hetero) is 1. The summed E-state index contributed by atoms with van der Waals surface area (Å²) < 4.78 is 0. The number of carbonyl (C=O) groups excluding carboxylic acids is 2. The first-order chi connectivity index (χ1) is 8.43. The number of carbonyl (C=O) groups is 2. The summed E-state index contributed by atoms with van der Waals surface area (Å²) in [6.45, 7) is 7.35. The Morgan fingerprint density at radius 1 is 1.33 bits per heavy atom. The monoisotopic (exact) mass is 248 g/mol. The maximum atomic E-state index is 11.7. The predicted molar refractivity (Wildman–Crippen MR) is 73.1 cm³/mol. The molecule has 4 nitrogen and oxygen atoms in total. The fourth-order valence-electron chi connectivity index (χ4n) is 1.46. The lowest BCUT2D eigenvalue weighted by molar-refractivity contribution is 0.101. The van der Waals surface area contributed by atoms with Crippen LogP contribution in [-0.2, 0) is 0 Å². The van der Waals surface area contributed by atoms with Gasteiger partial charge >= 0.3 is 6.03 Å². The van der Waals surface area contributed by atoms with Crippen molar-refractivity contribution >= 4 is 17.5 Å². The summed E-state index contributed by atoms with van der Waals surface area (Å²) in [6, 6.07) is 5.17. The fraction of sp³-hybridized carbons (Fsp3) is 0.429. The first-order valence-electron chi connectivity index (χ1n) is 6.13. The van der Waals surface area contributed by atoms with Gasteiger partial charge in [0.1, 0.15) is 0 Å². The third kappa shape index (κ3) is 3.87. The van der Waals surface area contributed by atoms with E-state index in [1.54, 1.807) is 12.1 Å². The van der Waals surface area contributed by atoms with Gasteiger partial charge in [-0.25, -0.2) is 4.79 Å². The van der Waals surface area contributed by atoms with Gasteiger partial charge in [0.25, 0.3) is 0 Å². The smallest absolute Gasteiger partial charge is 0.319 e. The molecule has 0 aliphatic heterocycles. The second-order valence-electron chi connectivity index (χ2n) is 4.49. The molecule has 1 unspecified atom stereocenters. The number of urea groups is 1. The van der Waals surface area contributed by atoms with E-state index >= 15 is 0 Å². The Balaban J connectivity index is 2.80. The van der Waals surface area contributed by atoms with Gasteiger partial charge in [-0.05, 0) is 38.8 Å². The summed E-state index contributed by atoms with van der Waals surface area (Å²) in [5.41, 5.74) is 2.20. The third-order valence-electron chi connectivity index (χ3n) is 2.88. The van der Waals surface area contributed by atoms with Gasteiger partial charge in [0, 0.05) is 17.3 Å². The standard InChI is InChI=1S/C14H20N2O2/c1-5-10(3)15-14(18)16-13-8-12(11(4)17)7-6-9(13)2/h6-8,10H,5H2,1-4H3,(H2,15,16,18). The number of ketones is 1. The third-order valence-corrected chi connectivity index (χ3v) is 2.88. The van der Waals surface area contributed by atoms with Crippen LogP contribution in [0.4, 0.5) is 10.5 Å². The summed E-state index contributed by atoms with van der Waals surface area (Å²) in [6.07, 6.45) is 0.875. The molecule has 0 aliphatic rings. The lowest BCUT2D eigenvalue weighted by atomic mass is 10.1. The number of nitrogens with one attached hydrogen (secondary N) is 2. The molecule has 0 saturated carbocycles. The minimum Gasteiger partial charge on any atom is -0.335 e. The molecule has 4 heteroatoms. The Morgan fingerprint density at radius 2 is 2.00 bits per heavy atom. The number of hydrogen-bond acceptors (Lipinski definition) is 2. The van der Waals surface area contributed by atoms with Gasteiger partial charge < -0.3 is 10.6 Å². The van der Waals surface area contributed by atoms with Crippen LogP contribution in [0, 0.1) is 6.92 Å². The quantitative estimate of drug-likeness (QED) is 0.804. The largest absolute Gasteiger partial charge is 0.335 e. The maximum absolute atomic E-state index is 11.7. The Kier molecular flexibility index (Phi) is 4.89. The van der Waals surface area contributed by atoms with E-state index in [9.17, 15) is 9.59 Å². The van der Waals surface area contributed by atoms with Crippen LogP contribution in [0.25, 0.3) is 0 Å². The predicted octanol–water partition coefficient (Wildman–Crippen LogP) is 3.12. The molecule has 1 atom stereocenters. The maximum Gasteiger partial charge on any atom is 0.319 e. The van der Waals surface area contributed by atoms with Crippen LogP contribution in [0.1, 0.15) is 43.1 Å². The summed E-state index contributed by atoms with van der Waals surface area (Å²) in [5, 5.41) is 5.59. The molecule has 2 N–H and O–H groups in total. The van der Waals surface area contributed by atoms with Crippen molar-refractivity contribution in [2.75, 3.05) is 5.32 Å². The highest BCUT2D eigenvalue weighted by atomic mass is 16.2. The number of benzene rings is 1. The molecule has 0 saturated heterocycles. The molecule has 1 aromatic carbocycles. The average molecular weight is 248 g/mol. The van der Waals surface area contributed by atoms with Gasteiger partial charge in [0.2, 0.25) is 0 Å². The SMILES string of the molecule is CCC(C)NC(=O)Nc1cc(C(C)=O)ccc1C. The number of rotatable bonds is 4. The second-order valence-corrected chi connectivity index (χ2v) is 4.49. The number of amides is 2. The van der Waals surface area contributed by atoms with Crippen LogP contribution in [0.2, 0.25) is 0 Å². The van der Waals surface area contributed by atoms with E-state index in [1.165, 1.54) is 6.92 Å². The van der Waals surface area contributed by atoms with Crippen molar-refractivity contribution in [2.24, 2.45) is 0 Å². The van der Waals surface area contributed by atoms with Crippen LogP contribution >= 0.6 is 0 Å². The number of aryl methyl sites for hydroxylation is 1. The van der Waals surface area contributed by atoms with Crippen molar-refractivity contribution in [3.8, 4) is 0 Å². The van der Waals surface area contributed by atoms with Crippen molar-refractivity contribution in [2.45, 2.75) is 40.2 Å². The summed E-state index contributed by atoms with van der Waals surface area (Å²) in [4.78, 5) is 23.0. The topological polar surface area (TPSA) is 58.2 Å². The van der Waals surface area contributed by atoms with Gasteiger partial charge in [-0.3, -0.25) is 4.79 Å². The Labute approximate surface area is 108 Å². The van der Waals surface area contributed by atoms with E-state index in [1.807, 2.05) is 26.8 Å². The zero-order valence-electron chi connectivity index (χ0n) is 11.3. The lowest BCUT2D eigenvalue weighted by Gasteiger charge is -2.14. The van der Waals surface area contributed by atoms with Crippen LogP contribution < -0.4 is 10.6 Å². The summed E-state index contributed by atoms with van der Waals surface area (Å²) in [5.74, 6) is -0.0135. The minimum absolute atomic E-state index is 0.0135. The van der Waals surface area contributed by atoms with E-state index in [-0.39, 0.29) is 17.9 Å². The molecule has 0 spiro atoms. The second kappa shape index (κ2) is 6.19. The van der Waals surface area contributed by atoms with Gasteiger partial charge in [-0.15, -0.1) is 0 Å². The van der Waals surface area contributed by atoms with E-state index in [0.29, 0.717) is 11.3 Å². The number of anilines is 1. The molecular formula is C14H20N2O2. The highest BCUT2D eigenvalue weighted by molar-refractivity contribution is 5.97. The van der Waals surface area contributed by atoms with Crippen LogP contribution in [0.15, 0.2) is 18.2 Å². The van der Waals surface area contributed by atoms with Gasteiger partial charge in [-0.1, -0.05) is 19.1 Å². The van der Waals surface area contributed by atoms with E-state index in [2.05, 4.69) is 10.6 Å². The molecule has 0 aromatic heterocycles. The zero-order valence-corrected chi connectivity index (χ0v) is 11.3. The zero-order chi connectivity index (χ0) is 13.7.